The van der Waals surface area contributed by atoms with Crippen LogP contribution in [-0.2, 0) is 15.8 Å². The van der Waals surface area contributed by atoms with Crippen molar-refractivity contribution in [3.8, 4) is 0 Å². The molecular formula is C13H12ClF3N2O2. The maximum atomic E-state index is 12.7. The first kappa shape index (κ1) is 15.6. The predicted molar refractivity (Wildman–Crippen MR) is 71.1 cm³/mol. The Morgan fingerprint density at radius 2 is 2.14 bits per heavy atom. The van der Waals surface area contributed by atoms with Gasteiger partial charge < -0.3 is 10.2 Å². The summed E-state index contributed by atoms with van der Waals surface area (Å²) >= 11 is 5.36. The van der Waals surface area contributed by atoms with Gasteiger partial charge in [0.1, 0.15) is 5.88 Å². The van der Waals surface area contributed by atoms with Gasteiger partial charge in [0.05, 0.1) is 11.6 Å². The summed E-state index contributed by atoms with van der Waals surface area (Å²) in [7, 11) is 0. The Hall–Kier alpha value is -1.76. The first-order chi connectivity index (χ1) is 9.81. The average Bonchev–Trinajstić information content (AvgIpc) is 2.78. The van der Waals surface area contributed by atoms with Crippen molar-refractivity contribution < 1.29 is 22.8 Å². The molecule has 0 saturated carbocycles. The van der Waals surface area contributed by atoms with Crippen LogP contribution in [0.4, 0.5) is 18.9 Å². The minimum atomic E-state index is -4.47. The predicted octanol–water partition coefficient (Wildman–Crippen LogP) is 2.17. The molecule has 0 spiro atoms. The van der Waals surface area contributed by atoms with Crippen molar-refractivity contribution in [3.05, 3.63) is 29.8 Å². The monoisotopic (exact) mass is 320 g/mol. The Morgan fingerprint density at radius 3 is 2.76 bits per heavy atom. The minimum Gasteiger partial charge on any atom is -0.350 e. The third-order valence-corrected chi connectivity index (χ3v) is 3.34. The zero-order valence-electron chi connectivity index (χ0n) is 10.8. The molecule has 4 nitrogen and oxygen atoms in total. The number of halogens is 4. The fraction of sp³-hybridized carbons (Fsp3) is 0.385. The minimum absolute atomic E-state index is 0.0405. The molecule has 1 aliphatic heterocycles. The Bertz CT molecular complexity index is 563. The quantitative estimate of drug-likeness (QED) is 0.868. The number of nitrogens with zero attached hydrogens (tertiary/aromatic N) is 1. The molecule has 1 aromatic carbocycles. The van der Waals surface area contributed by atoms with Gasteiger partial charge in [0.15, 0.2) is 0 Å². The number of anilines is 1. The van der Waals surface area contributed by atoms with Crippen molar-refractivity contribution in [2.75, 3.05) is 17.3 Å². The van der Waals surface area contributed by atoms with Crippen LogP contribution in [0.1, 0.15) is 12.0 Å². The number of rotatable bonds is 3. The maximum absolute atomic E-state index is 12.7. The summed E-state index contributed by atoms with van der Waals surface area (Å²) in [5.41, 5.74) is -0.654. The lowest BCUT2D eigenvalue weighted by atomic mass is 10.2. The molecule has 1 unspecified atom stereocenters. The van der Waals surface area contributed by atoms with Crippen LogP contribution >= 0.6 is 11.6 Å². The van der Waals surface area contributed by atoms with Crippen LogP contribution in [0.5, 0.6) is 0 Å². The Balaban J connectivity index is 2.15. The van der Waals surface area contributed by atoms with Gasteiger partial charge in [0.25, 0.3) is 0 Å². The van der Waals surface area contributed by atoms with E-state index in [-0.39, 0.29) is 30.4 Å². The first-order valence-corrected chi connectivity index (χ1v) is 6.67. The number of carbonyl (C=O) groups excluding carboxylic acids is 2. The molecule has 2 rings (SSSR count). The van der Waals surface area contributed by atoms with Gasteiger partial charge in [0.2, 0.25) is 11.8 Å². The number of alkyl halides is 4. The van der Waals surface area contributed by atoms with Crippen molar-refractivity contribution in [2.24, 2.45) is 0 Å². The Labute approximate surface area is 123 Å². The van der Waals surface area contributed by atoms with Crippen molar-refractivity contribution >= 4 is 29.1 Å². The molecule has 1 aliphatic rings. The lowest BCUT2D eigenvalue weighted by molar-refractivity contribution is -0.137. The standard InChI is InChI=1S/C13H12ClF3N2O2/c14-6-11(20)18-9-5-12(21)19(7-9)10-3-1-2-8(4-10)13(15,16)17/h1-4,9H,5-7H2,(H,18,20). The molecule has 2 amide bonds. The smallest absolute Gasteiger partial charge is 0.350 e. The summed E-state index contributed by atoms with van der Waals surface area (Å²) in [6.45, 7) is 0.128. The van der Waals surface area contributed by atoms with Gasteiger partial charge in [-0.1, -0.05) is 6.07 Å². The second kappa shape index (κ2) is 5.93. The molecule has 0 bridgehead atoms. The second-order valence-corrected chi connectivity index (χ2v) is 4.92. The highest BCUT2D eigenvalue weighted by molar-refractivity contribution is 6.27. The largest absolute Gasteiger partial charge is 0.416 e. The summed E-state index contributed by atoms with van der Waals surface area (Å²) in [6.07, 6.45) is -4.43. The van der Waals surface area contributed by atoms with E-state index < -0.39 is 23.7 Å². The van der Waals surface area contributed by atoms with Crippen molar-refractivity contribution in [2.45, 2.75) is 18.6 Å². The van der Waals surface area contributed by atoms with Crippen molar-refractivity contribution in [3.63, 3.8) is 0 Å². The highest BCUT2D eigenvalue weighted by Crippen LogP contribution is 2.32. The van der Waals surface area contributed by atoms with Gasteiger partial charge in [-0.05, 0) is 18.2 Å². The normalized spacial score (nSPS) is 19.0. The average molecular weight is 321 g/mol. The van der Waals surface area contributed by atoms with E-state index in [1.807, 2.05) is 0 Å². The molecule has 0 aliphatic carbocycles. The summed E-state index contributed by atoms with van der Waals surface area (Å²) in [5.74, 6) is -0.983. The van der Waals surface area contributed by atoms with Gasteiger partial charge >= 0.3 is 6.18 Å². The van der Waals surface area contributed by atoms with Gasteiger partial charge in [0, 0.05) is 18.7 Å². The van der Waals surface area contributed by atoms with Crippen LogP contribution in [0.15, 0.2) is 24.3 Å². The van der Waals surface area contributed by atoms with Crippen LogP contribution in [0.25, 0.3) is 0 Å². The molecule has 0 aromatic heterocycles. The van der Waals surface area contributed by atoms with E-state index in [4.69, 9.17) is 11.6 Å². The van der Waals surface area contributed by atoms with Crippen LogP contribution < -0.4 is 10.2 Å². The maximum Gasteiger partial charge on any atom is 0.416 e. The lowest BCUT2D eigenvalue weighted by Crippen LogP contribution is -2.37. The molecule has 8 heteroatoms. The van der Waals surface area contributed by atoms with E-state index >= 15 is 0 Å². The molecule has 1 aromatic rings. The number of carbonyl (C=O) groups is 2. The molecule has 114 valence electrons. The molecule has 1 N–H and O–H groups in total. The molecule has 1 saturated heterocycles. The van der Waals surface area contributed by atoms with Gasteiger partial charge in [-0.15, -0.1) is 11.6 Å². The summed E-state index contributed by atoms with van der Waals surface area (Å²) in [6, 6.07) is 4.09. The molecule has 1 fully saturated rings. The Kier molecular flexibility index (Phi) is 4.41. The van der Waals surface area contributed by atoms with Crippen LogP contribution in [0, 0.1) is 0 Å². The molecule has 0 radical (unpaired) electrons. The molecule has 1 heterocycles. The molecular weight excluding hydrogens is 309 g/mol. The Morgan fingerprint density at radius 1 is 1.43 bits per heavy atom. The zero-order valence-corrected chi connectivity index (χ0v) is 11.5. The van der Waals surface area contributed by atoms with Gasteiger partial charge in [-0.25, -0.2) is 0 Å². The topological polar surface area (TPSA) is 49.4 Å². The van der Waals surface area contributed by atoms with E-state index in [2.05, 4.69) is 5.32 Å². The van der Waals surface area contributed by atoms with E-state index in [1.165, 1.54) is 17.0 Å². The van der Waals surface area contributed by atoms with E-state index in [0.717, 1.165) is 12.1 Å². The summed E-state index contributed by atoms with van der Waals surface area (Å²) in [5, 5.41) is 2.55. The highest BCUT2D eigenvalue weighted by atomic mass is 35.5. The molecule has 1 atom stereocenters. The number of hydrogen-bond acceptors (Lipinski definition) is 2. The third-order valence-electron chi connectivity index (χ3n) is 3.10. The fourth-order valence-electron chi connectivity index (χ4n) is 2.17. The second-order valence-electron chi connectivity index (χ2n) is 4.65. The first-order valence-electron chi connectivity index (χ1n) is 6.14. The number of nitrogens with one attached hydrogen (secondary N) is 1. The van der Waals surface area contributed by atoms with Crippen LogP contribution in [0.3, 0.4) is 0 Å². The van der Waals surface area contributed by atoms with Gasteiger partial charge in [-0.2, -0.15) is 13.2 Å². The fourth-order valence-corrected chi connectivity index (χ4v) is 2.25. The van der Waals surface area contributed by atoms with Crippen LogP contribution in [-0.4, -0.2) is 30.3 Å². The SMILES string of the molecule is O=C(CCl)NC1CC(=O)N(c2cccc(C(F)(F)F)c2)C1. The zero-order chi connectivity index (χ0) is 15.6. The van der Waals surface area contributed by atoms with Crippen molar-refractivity contribution in [1.82, 2.24) is 5.32 Å². The number of hydrogen-bond donors (Lipinski definition) is 1. The lowest BCUT2D eigenvalue weighted by Gasteiger charge is -2.18. The summed E-state index contributed by atoms with van der Waals surface area (Å²) in [4.78, 5) is 24.3. The van der Waals surface area contributed by atoms with E-state index in [0.29, 0.717) is 0 Å². The van der Waals surface area contributed by atoms with E-state index in [1.54, 1.807) is 0 Å². The summed E-state index contributed by atoms with van der Waals surface area (Å²) < 4.78 is 38.0. The van der Waals surface area contributed by atoms with Crippen LogP contribution in [0.2, 0.25) is 0 Å². The van der Waals surface area contributed by atoms with E-state index in [9.17, 15) is 22.8 Å². The van der Waals surface area contributed by atoms with Crippen molar-refractivity contribution in [1.29, 1.82) is 0 Å². The molecule has 21 heavy (non-hydrogen) atoms. The highest BCUT2D eigenvalue weighted by Gasteiger charge is 2.34. The number of amides is 2. The van der Waals surface area contributed by atoms with Gasteiger partial charge in [-0.3, -0.25) is 9.59 Å². The third kappa shape index (κ3) is 3.66. The number of benzene rings is 1.